The minimum Gasteiger partial charge on any atom is -0.484 e. The summed E-state index contributed by atoms with van der Waals surface area (Å²) in [6.07, 6.45) is 0.312. The molecule has 0 aliphatic carbocycles. The Balaban J connectivity index is 1.35. The molecule has 0 bridgehead atoms. The number of amides is 1. The molecule has 1 heterocycles. The lowest BCUT2D eigenvalue weighted by molar-refractivity contribution is -0.123. The minimum absolute atomic E-state index is 0.0150. The summed E-state index contributed by atoms with van der Waals surface area (Å²) in [5.74, 6) is -0.0689. The Morgan fingerprint density at radius 1 is 0.938 bits per heavy atom. The van der Waals surface area contributed by atoms with Crippen LogP contribution in [0, 0.1) is 0 Å². The molecule has 3 aromatic carbocycles. The lowest BCUT2D eigenvalue weighted by atomic mass is 10.0. The van der Waals surface area contributed by atoms with Crippen molar-refractivity contribution >= 4 is 33.1 Å². The summed E-state index contributed by atoms with van der Waals surface area (Å²) in [6, 6.07) is 19.5. The van der Waals surface area contributed by atoms with Crippen molar-refractivity contribution in [1.29, 1.82) is 0 Å². The fourth-order valence-corrected chi connectivity index (χ4v) is 5.34. The van der Waals surface area contributed by atoms with E-state index >= 15 is 0 Å². The Kier molecular flexibility index (Phi) is 6.30. The highest BCUT2D eigenvalue weighted by Crippen LogP contribution is 2.31. The number of sulfone groups is 1. The highest BCUT2D eigenvalue weighted by atomic mass is 35.5. The molecule has 3 aromatic rings. The van der Waals surface area contributed by atoms with E-state index in [-0.39, 0.29) is 35.0 Å². The molecule has 1 atom stereocenters. The van der Waals surface area contributed by atoms with E-state index in [0.29, 0.717) is 33.9 Å². The Morgan fingerprint density at radius 2 is 1.56 bits per heavy atom. The normalized spacial score (nSPS) is 16.6. The number of fused-ring (bicyclic) bond motifs is 1. The van der Waals surface area contributed by atoms with Crippen LogP contribution in [0.4, 0.5) is 0 Å². The summed E-state index contributed by atoms with van der Waals surface area (Å²) in [6.45, 7) is -0.226. The van der Waals surface area contributed by atoms with Crippen LogP contribution in [0.3, 0.4) is 0 Å². The first-order valence-electron chi connectivity index (χ1n) is 9.98. The van der Waals surface area contributed by atoms with Gasteiger partial charge in [-0.3, -0.25) is 9.59 Å². The van der Waals surface area contributed by atoms with Gasteiger partial charge in [0.1, 0.15) is 5.75 Å². The lowest BCUT2D eigenvalue weighted by Crippen LogP contribution is -2.36. The van der Waals surface area contributed by atoms with E-state index in [0.717, 1.165) is 0 Å². The predicted octanol–water partition coefficient (Wildman–Crippen LogP) is 3.98. The van der Waals surface area contributed by atoms with Gasteiger partial charge in [-0.25, -0.2) is 8.42 Å². The Hall–Kier alpha value is -3.16. The number of carbonyl (C=O) groups excluding carboxylic acids is 2. The first-order chi connectivity index (χ1) is 15.3. The van der Waals surface area contributed by atoms with Crippen LogP contribution < -0.4 is 10.1 Å². The number of ether oxygens (including phenoxy) is 1. The van der Waals surface area contributed by atoms with Crippen LogP contribution in [-0.4, -0.2) is 32.5 Å². The van der Waals surface area contributed by atoms with Gasteiger partial charge in [0.2, 0.25) is 0 Å². The molecule has 0 saturated heterocycles. The van der Waals surface area contributed by atoms with Crippen LogP contribution >= 0.6 is 11.6 Å². The molecule has 1 N–H and O–H groups in total. The number of hydrogen-bond donors (Lipinski definition) is 1. The fourth-order valence-electron chi connectivity index (χ4n) is 3.60. The number of nitrogens with one attached hydrogen (secondary N) is 1. The summed E-state index contributed by atoms with van der Waals surface area (Å²) in [5, 5.41) is 3.40. The number of ketones is 1. The smallest absolute Gasteiger partial charge is 0.258 e. The molecule has 4 rings (SSSR count). The highest BCUT2D eigenvalue weighted by molar-refractivity contribution is 7.91. The van der Waals surface area contributed by atoms with Crippen LogP contribution in [0.1, 0.15) is 33.9 Å². The molecular formula is C24H20ClNO5S. The van der Waals surface area contributed by atoms with E-state index < -0.39 is 9.84 Å². The molecule has 1 aliphatic rings. The van der Waals surface area contributed by atoms with Crippen molar-refractivity contribution in [2.75, 3.05) is 12.4 Å². The van der Waals surface area contributed by atoms with Gasteiger partial charge in [-0.1, -0.05) is 29.8 Å². The molecule has 0 spiro atoms. The number of hydrogen-bond acceptors (Lipinski definition) is 5. The van der Waals surface area contributed by atoms with Crippen molar-refractivity contribution < 1.29 is 22.7 Å². The van der Waals surface area contributed by atoms with E-state index in [1.54, 1.807) is 72.8 Å². The second-order valence-electron chi connectivity index (χ2n) is 7.41. The first-order valence-corrected chi connectivity index (χ1v) is 12.0. The van der Waals surface area contributed by atoms with Crippen LogP contribution in [0.5, 0.6) is 5.75 Å². The van der Waals surface area contributed by atoms with Crippen LogP contribution in [0.2, 0.25) is 5.02 Å². The number of carbonyl (C=O) groups is 2. The van der Waals surface area contributed by atoms with Gasteiger partial charge < -0.3 is 10.1 Å². The average molecular weight is 470 g/mol. The van der Waals surface area contributed by atoms with Crippen molar-refractivity contribution in [3.8, 4) is 5.75 Å². The zero-order chi connectivity index (χ0) is 22.7. The molecule has 0 aromatic heterocycles. The molecule has 0 fully saturated rings. The van der Waals surface area contributed by atoms with Gasteiger partial charge in [-0.15, -0.1) is 0 Å². The van der Waals surface area contributed by atoms with Crippen LogP contribution in [-0.2, 0) is 14.6 Å². The molecular weight excluding hydrogens is 450 g/mol. The van der Waals surface area contributed by atoms with Gasteiger partial charge in [0.15, 0.2) is 22.2 Å². The molecule has 8 heteroatoms. The van der Waals surface area contributed by atoms with Crippen LogP contribution in [0.15, 0.2) is 77.7 Å². The monoisotopic (exact) mass is 469 g/mol. The number of benzene rings is 3. The van der Waals surface area contributed by atoms with Gasteiger partial charge >= 0.3 is 0 Å². The Labute approximate surface area is 191 Å². The van der Waals surface area contributed by atoms with E-state index in [2.05, 4.69) is 5.32 Å². The second kappa shape index (κ2) is 9.14. The summed E-state index contributed by atoms with van der Waals surface area (Å²) in [5.41, 5.74) is 1.61. The van der Waals surface area contributed by atoms with Gasteiger partial charge in [0.05, 0.1) is 16.7 Å². The minimum atomic E-state index is -3.32. The van der Waals surface area contributed by atoms with E-state index in [1.807, 2.05) is 0 Å². The topological polar surface area (TPSA) is 89.5 Å². The van der Waals surface area contributed by atoms with Crippen LogP contribution in [0.25, 0.3) is 0 Å². The molecule has 164 valence electrons. The van der Waals surface area contributed by atoms with Gasteiger partial charge in [-0.2, -0.15) is 0 Å². The molecule has 0 radical (unpaired) electrons. The predicted molar refractivity (Wildman–Crippen MR) is 121 cm³/mol. The number of rotatable bonds is 6. The molecule has 1 aliphatic heterocycles. The third-order valence-electron chi connectivity index (χ3n) is 5.23. The van der Waals surface area contributed by atoms with Crippen molar-refractivity contribution in [2.45, 2.75) is 17.4 Å². The van der Waals surface area contributed by atoms with E-state index in [4.69, 9.17) is 16.3 Å². The van der Waals surface area contributed by atoms with E-state index in [1.165, 1.54) is 0 Å². The molecule has 0 saturated carbocycles. The summed E-state index contributed by atoms with van der Waals surface area (Å²) in [7, 11) is -3.32. The average Bonchev–Trinajstić information content (AvgIpc) is 2.80. The largest absolute Gasteiger partial charge is 0.484 e. The van der Waals surface area contributed by atoms with Crippen molar-refractivity contribution in [1.82, 2.24) is 5.32 Å². The third-order valence-corrected chi connectivity index (χ3v) is 7.30. The van der Waals surface area contributed by atoms with Crippen molar-refractivity contribution in [3.63, 3.8) is 0 Å². The molecule has 6 nitrogen and oxygen atoms in total. The summed E-state index contributed by atoms with van der Waals surface area (Å²) < 4.78 is 30.0. The maximum atomic E-state index is 12.5. The zero-order valence-corrected chi connectivity index (χ0v) is 18.5. The Morgan fingerprint density at radius 3 is 2.25 bits per heavy atom. The van der Waals surface area contributed by atoms with Crippen molar-refractivity contribution in [2.24, 2.45) is 0 Å². The maximum Gasteiger partial charge on any atom is 0.258 e. The number of halogens is 1. The maximum absolute atomic E-state index is 12.5. The Bertz CT molecular complexity index is 1250. The standard InChI is InChI=1S/C24H20ClNO5S/c25-18-9-5-16(6-10-18)24(28)17-7-11-19(12-8-17)31-15-23(27)26-21-13-14-32(29,30)22-4-2-1-3-20(21)22/h1-12,21H,13-15H2,(H,26,27). The zero-order valence-electron chi connectivity index (χ0n) is 17.0. The van der Waals surface area contributed by atoms with Gasteiger partial charge in [-0.05, 0) is 66.6 Å². The van der Waals surface area contributed by atoms with E-state index in [9.17, 15) is 18.0 Å². The summed E-state index contributed by atoms with van der Waals surface area (Å²) >= 11 is 5.86. The third kappa shape index (κ3) is 4.84. The van der Waals surface area contributed by atoms with Gasteiger partial charge in [0.25, 0.3) is 5.91 Å². The summed E-state index contributed by atoms with van der Waals surface area (Å²) in [4.78, 5) is 25.2. The lowest BCUT2D eigenvalue weighted by Gasteiger charge is -2.26. The molecule has 1 amide bonds. The van der Waals surface area contributed by atoms with Gasteiger partial charge in [0, 0.05) is 16.1 Å². The second-order valence-corrected chi connectivity index (χ2v) is 9.93. The molecule has 1 unspecified atom stereocenters. The first kappa shape index (κ1) is 22.0. The quantitative estimate of drug-likeness (QED) is 0.551. The highest BCUT2D eigenvalue weighted by Gasteiger charge is 2.30. The molecule has 32 heavy (non-hydrogen) atoms. The fraction of sp³-hybridized carbons (Fsp3) is 0.167. The van der Waals surface area contributed by atoms with Crippen molar-refractivity contribution in [3.05, 3.63) is 94.5 Å². The SMILES string of the molecule is O=C(COc1ccc(C(=O)c2ccc(Cl)cc2)cc1)NC1CCS(=O)(=O)c2ccccc21.